The number of amides is 1. The number of rotatable bonds is 7. The van der Waals surface area contributed by atoms with Crippen LogP contribution in [0.3, 0.4) is 0 Å². The van der Waals surface area contributed by atoms with Crippen molar-refractivity contribution in [2.45, 2.75) is 39.0 Å². The second kappa shape index (κ2) is 7.78. The van der Waals surface area contributed by atoms with Crippen molar-refractivity contribution in [2.75, 3.05) is 13.7 Å². The van der Waals surface area contributed by atoms with Crippen molar-refractivity contribution in [3.63, 3.8) is 0 Å². The van der Waals surface area contributed by atoms with Crippen LogP contribution in [0.4, 0.5) is 0 Å². The molecule has 1 aromatic carbocycles. The summed E-state index contributed by atoms with van der Waals surface area (Å²) < 4.78 is 13.3. The van der Waals surface area contributed by atoms with E-state index in [0.29, 0.717) is 13.2 Å². The lowest BCUT2D eigenvalue weighted by Gasteiger charge is -2.17. The van der Waals surface area contributed by atoms with Crippen LogP contribution in [0.1, 0.15) is 36.6 Å². The average Bonchev–Trinajstić information content (AvgIpc) is 3.18. The first-order chi connectivity index (χ1) is 12.5. The molecule has 1 aliphatic rings. The third-order valence-electron chi connectivity index (χ3n) is 4.44. The predicted molar refractivity (Wildman–Crippen MR) is 98.3 cm³/mol. The lowest BCUT2D eigenvalue weighted by Crippen LogP contribution is -2.35. The molecule has 2 aromatic rings. The van der Waals surface area contributed by atoms with Crippen molar-refractivity contribution in [1.82, 2.24) is 20.4 Å². The van der Waals surface area contributed by atoms with Crippen LogP contribution in [0, 0.1) is 0 Å². The highest BCUT2D eigenvalue weighted by molar-refractivity contribution is 5.83. The Labute approximate surface area is 153 Å². The summed E-state index contributed by atoms with van der Waals surface area (Å²) in [5.41, 5.74) is 2.89. The van der Waals surface area contributed by atoms with E-state index >= 15 is 0 Å². The van der Waals surface area contributed by atoms with Gasteiger partial charge in [-0.05, 0) is 33.0 Å². The van der Waals surface area contributed by atoms with Crippen molar-refractivity contribution in [3.05, 3.63) is 41.2 Å². The Morgan fingerprint density at radius 2 is 2.31 bits per heavy atom. The summed E-state index contributed by atoms with van der Waals surface area (Å²) in [5.74, 6) is 1.56. The maximum absolute atomic E-state index is 12.6. The molecule has 0 bridgehead atoms. The normalized spacial score (nSPS) is 16.7. The number of carbonyl (C=O) groups excluding carboxylic acids is 1. The maximum Gasteiger partial charge on any atom is 0.242 e. The first kappa shape index (κ1) is 18.3. The van der Waals surface area contributed by atoms with Gasteiger partial charge in [0, 0.05) is 42.9 Å². The summed E-state index contributed by atoms with van der Waals surface area (Å²) in [6.45, 7) is 4.95. The number of hydrogen-bond acceptors (Lipinski definition) is 5. The second-order valence-electron chi connectivity index (χ2n) is 6.52. The first-order valence-electron chi connectivity index (χ1n) is 8.90. The van der Waals surface area contributed by atoms with E-state index < -0.39 is 6.04 Å². The van der Waals surface area contributed by atoms with Crippen molar-refractivity contribution < 1.29 is 14.3 Å². The van der Waals surface area contributed by atoms with Gasteiger partial charge >= 0.3 is 0 Å². The lowest BCUT2D eigenvalue weighted by molar-refractivity contribution is -0.123. The number of aryl methyl sites for hydroxylation is 1. The van der Waals surface area contributed by atoms with E-state index in [1.807, 2.05) is 39.2 Å². The van der Waals surface area contributed by atoms with E-state index in [9.17, 15) is 4.79 Å². The van der Waals surface area contributed by atoms with Crippen LogP contribution in [0.15, 0.2) is 24.5 Å². The number of aromatic nitrogens is 2. The van der Waals surface area contributed by atoms with Gasteiger partial charge in [0.25, 0.3) is 0 Å². The number of nitrogens with zero attached hydrogens (tertiary/aromatic N) is 2. The number of benzene rings is 1. The monoisotopic (exact) mass is 358 g/mol. The topological polar surface area (TPSA) is 77.4 Å². The van der Waals surface area contributed by atoms with E-state index in [4.69, 9.17) is 9.47 Å². The Morgan fingerprint density at radius 3 is 2.96 bits per heavy atom. The van der Waals surface area contributed by atoms with Crippen molar-refractivity contribution in [2.24, 2.45) is 7.05 Å². The van der Waals surface area contributed by atoms with Crippen LogP contribution in [-0.2, 0) is 24.8 Å². The van der Waals surface area contributed by atoms with E-state index in [1.54, 1.807) is 17.9 Å². The third kappa shape index (κ3) is 3.83. The Balaban J connectivity index is 1.74. The van der Waals surface area contributed by atoms with E-state index in [2.05, 4.69) is 15.7 Å². The Hall–Kier alpha value is -2.54. The number of nitrogens with one attached hydrogen (secondary N) is 2. The molecule has 0 saturated carbocycles. The number of ether oxygens (including phenoxy) is 2. The first-order valence-corrected chi connectivity index (χ1v) is 8.90. The molecule has 2 N–H and O–H groups in total. The third-order valence-corrected chi connectivity index (χ3v) is 4.44. The van der Waals surface area contributed by atoms with Gasteiger partial charge in [-0.3, -0.25) is 9.48 Å². The van der Waals surface area contributed by atoms with Gasteiger partial charge in [0.2, 0.25) is 5.91 Å². The summed E-state index contributed by atoms with van der Waals surface area (Å²) in [6, 6.07) is 3.55. The highest BCUT2D eigenvalue weighted by Crippen LogP contribution is 2.35. The predicted octanol–water partition coefficient (Wildman–Crippen LogP) is 1.72. The van der Waals surface area contributed by atoms with Gasteiger partial charge in [-0.1, -0.05) is 0 Å². The van der Waals surface area contributed by atoms with Crippen LogP contribution in [0.25, 0.3) is 0 Å². The highest BCUT2D eigenvalue weighted by atomic mass is 16.5. The molecule has 7 heteroatoms. The SMILES string of the molecule is CCOc1cc2c(cc1CNC(=O)C(NC)c1cnn(C)c1)OC(C)C2. The molecule has 2 atom stereocenters. The summed E-state index contributed by atoms with van der Waals surface area (Å²) in [5, 5.41) is 10.1. The summed E-state index contributed by atoms with van der Waals surface area (Å²) in [4.78, 5) is 12.6. The molecule has 2 unspecified atom stereocenters. The molecule has 0 radical (unpaired) electrons. The maximum atomic E-state index is 12.6. The Kier molecular flexibility index (Phi) is 5.46. The fourth-order valence-electron chi connectivity index (χ4n) is 3.23. The summed E-state index contributed by atoms with van der Waals surface area (Å²) in [6.07, 6.45) is 4.57. The minimum Gasteiger partial charge on any atom is -0.494 e. The fourth-order valence-corrected chi connectivity index (χ4v) is 3.23. The molecule has 2 heterocycles. The Morgan fingerprint density at radius 1 is 1.50 bits per heavy atom. The zero-order valence-corrected chi connectivity index (χ0v) is 15.7. The smallest absolute Gasteiger partial charge is 0.242 e. The molecule has 0 aliphatic carbocycles. The molecular formula is C19H26N4O3. The molecule has 140 valence electrons. The van der Waals surface area contributed by atoms with Crippen LogP contribution in [0.5, 0.6) is 11.5 Å². The van der Waals surface area contributed by atoms with Gasteiger partial charge in [-0.2, -0.15) is 5.10 Å². The number of fused-ring (bicyclic) bond motifs is 1. The Bertz CT molecular complexity index is 787. The van der Waals surface area contributed by atoms with Gasteiger partial charge in [0.15, 0.2) is 0 Å². The molecule has 1 aromatic heterocycles. The average molecular weight is 358 g/mol. The molecule has 7 nitrogen and oxygen atoms in total. The van der Waals surface area contributed by atoms with Gasteiger partial charge in [-0.25, -0.2) is 0 Å². The molecule has 1 amide bonds. The molecular weight excluding hydrogens is 332 g/mol. The fraction of sp³-hybridized carbons (Fsp3) is 0.474. The van der Waals surface area contributed by atoms with Gasteiger partial charge in [0.05, 0.1) is 12.8 Å². The zero-order chi connectivity index (χ0) is 18.7. The van der Waals surface area contributed by atoms with E-state index in [-0.39, 0.29) is 12.0 Å². The number of carbonyl (C=O) groups is 1. The molecule has 26 heavy (non-hydrogen) atoms. The van der Waals surface area contributed by atoms with E-state index in [0.717, 1.165) is 34.6 Å². The molecule has 1 aliphatic heterocycles. The zero-order valence-electron chi connectivity index (χ0n) is 15.7. The molecule has 0 fully saturated rings. The second-order valence-corrected chi connectivity index (χ2v) is 6.52. The standard InChI is InChI=1S/C19H26N4O3/c1-5-25-16-7-13-6-12(2)26-17(13)8-14(16)9-21-19(24)18(20-3)15-10-22-23(4)11-15/h7-8,10-12,18,20H,5-6,9H2,1-4H3,(H,21,24). The van der Waals surface area contributed by atoms with Crippen molar-refractivity contribution in [3.8, 4) is 11.5 Å². The van der Waals surface area contributed by atoms with Gasteiger partial charge in [-0.15, -0.1) is 0 Å². The highest BCUT2D eigenvalue weighted by Gasteiger charge is 2.23. The molecule has 0 saturated heterocycles. The number of hydrogen-bond donors (Lipinski definition) is 2. The van der Waals surface area contributed by atoms with Crippen molar-refractivity contribution >= 4 is 5.91 Å². The quantitative estimate of drug-likeness (QED) is 0.788. The summed E-state index contributed by atoms with van der Waals surface area (Å²) in [7, 11) is 3.58. The lowest BCUT2D eigenvalue weighted by atomic mass is 10.1. The minimum atomic E-state index is -0.454. The van der Waals surface area contributed by atoms with Crippen LogP contribution >= 0.6 is 0 Å². The van der Waals surface area contributed by atoms with E-state index in [1.165, 1.54) is 0 Å². The van der Waals surface area contributed by atoms with Crippen LogP contribution in [0.2, 0.25) is 0 Å². The van der Waals surface area contributed by atoms with Gasteiger partial charge in [0.1, 0.15) is 23.6 Å². The number of likely N-dealkylation sites (N-methyl/N-ethyl adjacent to an activating group) is 1. The van der Waals surface area contributed by atoms with Crippen LogP contribution in [-0.4, -0.2) is 35.4 Å². The molecule has 0 spiro atoms. The van der Waals surface area contributed by atoms with Gasteiger partial charge < -0.3 is 20.1 Å². The largest absolute Gasteiger partial charge is 0.494 e. The van der Waals surface area contributed by atoms with Crippen molar-refractivity contribution in [1.29, 1.82) is 0 Å². The van der Waals surface area contributed by atoms with Crippen LogP contribution < -0.4 is 20.1 Å². The summed E-state index contributed by atoms with van der Waals surface area (Å²) >= 11 is 0. The molecule has 3 rings (SSSR count). The minimum absolute atomic E-state index is 0.113.